The molecule has 17 heavy (non-hydrogen) atoms. The Hall–Kier alpha value is -1.46. The lowest BCUT2D eigenvalue weighted by Crippen LogP contribution is -2.20. The minimum Gasteiger partial charge on any atom is -0.494 e. The van der Waals surface area contributed by atoms with Gasteiger partial charge < -0.3 is 10.5 Å². The lowest BCUT2D eigenvalue weighted by atomic mass is 10.2. The van der Waals surface area contributed by atoms with Crippen LogP contribution >= 0.6 is 23.2 Å². The minimum atomic E-state index is -0.259. The zero-order valence-corrected chi connectivity index (χ0v) is 10.4. The summed E-state index contributed by atoms with van der Waals surface area (Å²) in [6, 6.07) is 3.07. The summed E-state index contributed by atoms with van der Waals surface area (Å²) < 4.78 is 5.13. The summed E-state index contributed by atoms with van der Waals surface area (Å²) in [6.45, 7) is 0. The van der Waals surface area contributed by atoms with E-state index in [9.17, 15) is 4.79 Å². The second-order valence-electron chi connectivity index (χ2n) is 3.41. The molecule has 0 radical (unpaired) electrons. The van der Waals surface area contributed by atoms with Crippen molar-refractivity contribution in [2.24, 2.45) is 10.8 Å². The Morgan fingerprint density at radius 3 is 2.71 bits per heavy atom. The van der Waals surface area contributed by atoms with Gasteiger partial charge in [-0.25, -0.2) is 0 Å². The minimum absolute atomic E-state index is 0.0715. The Kier molecular flexibility index (Phi) is 3.13. The van der Waals surface area contributed by atoms with Gasteiger partial charge in [0.15, 0.2) is 0 Å². The van der Waals surface area contributed by atoms with Crippen LogP contribution in [0.25, 0.3) is 0 Å². The predicted molar refractivity (Wildman–Crippen MR) is 66.7 cm³/mol. The maximum absolute atomic E-state index is 11.7. The molecule has 0 saturated heterocycles. The number of hydrogen-bond acceptors (Lipinski definition) is 4. The molecule has 1 amide bonds. The second-order valence-corrected chi connectivity index (χ2v) is 4.26. The predicted octanol–water partition coefficient (Wildman–Crippen LogP) is 2.01. The van der Waals surface area contributed by atoms with Crippen LogP contribution in [0.4, 0.5) is 5.69 Å². The quantitative estimate of drug-likeness (QED) is 0.896. The van der Waals surface area contributed by atoms with Crippen LogP contribution in [0.1, 0.15) is 6.42 Å². The number of halogens is 2. The highest BCUT2D eigenvalue weighted by Crippen LogP contribution is 2.39. The van der Waals surface area contributed by atoms with E-state index in [2.05, 4.69) is 5.10 Å². The van der Waals surface area contributed by atoms with Crippen LogP contribution in [0.3, 0.4) is 0 Å². The van der Waals surface area contributed by atoms with Crippen molar-refractivity contribution in [3.8, 4) is 5.75 Å². The highest BCUT2D eigenvalue weighted by molar-refractivity contribution is 6.37. The third-order valence-electron chi connectivity index (χ3n) is 2.22. The van der Waals surface area contributed by atoms with Gasteiger partial charge in [-0.1, -0.05) is 23.2 Å². The molecule has 0 atom stereocenters. The van der Waals surface area contributed by atoms with Crippen molar-refractivity contribution in [1.82, 2.24) is 0 Å². The maximum atomic E-state index is 11.7. The molecule has 0 unspecified atom stereocenters. The number of methoxy groups -OCH3 is 1. The second kappa shape index (κ2) is 4.43. The summed E-state index contributed by atoms with van der Waals surface area (Å²) in [4.78, 5) is 11.7. The molecule has 5 nitrogen and oxygen atoms in total. The zero-order chi connectivity index (χ0) is 12.6. The van der Waals surface area contributed by atoms with Crippen LogP contribution in [0.15, 0.2) is 17.2 Å². The number of rotatable bonds is 2. The monoisotopic (exact) mass is 273 g/mol. The highest BCUT2D eigenvalue weighted by Gasteiger charge is 2.28. The van der Waals surface area contributed by atoms with E-state index in [1.165, 1.54) is 13.2 Å². The first-order chi connectivity index (χ1) is 8.02. The fourth-order valence-electron chi connectivity index (χ4n) is 1.53. The Balaban J connectivity index is 2.55. The summed E-state index contributed by atoms with van der Waals surface area (Å²) in [5.74, 6) is 0.349. The van der Waals surface area contributed by atoms with Gasteiger partial charge in [0, 0.05) is 11.1 Å². The zero-order valence-electron chi connectivity index (χ0n) is 8.91. The number of hydrazone groups is 1. The molecule has 0 bridgehead atoms. The van der Waals surface area contributed by atoms with E-state index < -0.39 is 0 Å². The molecule has 0 aliphatic carbocycles. The topological polar surface area (TPSA) is 67.9 Å². The molecule has 0 spiro atoms. The van der Waals surface area contributed by atoms with E-state index in [0.717, 1.165) is 5.01 Å². The number of ether oxygens (including phenoxy) is 1. The van der Waals surface area contributed by atoms with Crippen molar-refractivity contribution >= 4 is 40.6 Å². The van der Waals surface area contributed by atoms with E-state index in [-0.39, 0.29) is 23.2 Å². The van der Waals surface area contributed by atoms with Gasteiger partial charge >= 0.3 is 0 Å². The van der Waals surface area contributed by atoms with Crippen molar-refractivity contribution in [3.05, 3.63) is 22.2 Å². The Labute approximate surface area is 108 Å². The van der Waals surface area contributed by atoms with Gasteiger partial charge in [0.1, 0.15) is 17.3 Å². The fourth-order valence-corrected chi connectivity index (χ4v) is 2.08. The molecule has 0 aromatic heterocycles. The first kappa shape index (κ1) is 12.0. The number of nitrogens with two attached hydrogens (primary N) is 1. The molecule has 2 N–H and O–H groups in total. The molecule has 1 aromatic rings. The summed E-state index contributed by atoms with van der Waals surface area (Å²) in [5.41, 5.74) is 5.85. The lowest BCUT2D eigenvalue weighted by Gasteiger charge is -2.17. The Bertz CT molecular complexity index is 517. The van der Waals surface area contributed by atoms with E-state index >= 15 is 0 Å². The standard InChI is InChI=1S/C10H9Cl2N3O2/c1-17-7-3-5(11)2-6(12)10(7)15-9(16)4-8(13)14-15/h2-3H,4H2,1H3,(H2,13,14). The van der Waals surface area contributed by atoms with Crippen molar-refractivity contribution in [1.29, 1.82) is 0 Å². The maximum Gasteiger partial charge on any atom is 0.255 e. The van der Waals surface area contributed by atoms with E-state index in [4.69, 9.17) is 33.7 Å². The van der Waals surface area contributed by atoms with E-state index in [1.807, 2.05) is 0 Å². The highest BCUT2D eigenvalue weighted by atomic mass is 35.5. The summed E-state index contributed by atoms with van der Waals surface area (Å²) >= 11 is 11.9. The van der Waals surface area contributed by atoms with Crippen LogP contribution in [-0.2, 0) is 4.79 Å². The van der Waals surface area contributed by atoms with Crippen LogP contribution in [0.2, 0.25) is 10.0 Å². The molecule has 7 heteroatoms. The largest absolute Gasteiger partial charge is 0.494 e. The molecule has 1 aliphatic rings. The van der Waals surface area contributed by atoms with Crippen molar-refractivity contribution < 1.29 is 9.53 Å². The first-order valence-corrected chi connectivity index (χ1v) is 5.47. The summed E-state index contributed by atoms with van der Waals surface area (Å²) in [7, 11) is 1.46. The van der Waals surface area contributed by atoms with Gasteiger partial charge in [0.25, 0.3) is 5.91 Å². The number of hydrogen-bond donors (Lipinski definition) is 1. The number of benzene rings is 1. The summed E-state index contributed by atoms with van der Waals surface area (Å²) in [6.07, 6.45) is 0.0715. The van der Waals surface area contributed by atoms with Gasteiger partial charge in [-0.15, -0.1) is 0 Å². The third kappa shape index (κ3) is 2.16. The normalized spacial score (nSPS) is 15.1. The Morgan fingerprint density at radius 2 is 2.18 bits per heavy atom. The van der Waals surface area contributed by atoms with Crippen molar-refractivity contribution in [3.63, 3.8) is 0 Å². The van der Waals surface area contributed by atoms with Crippen LogP contribution < -0.4 is 15.5 Å². The number of carbonyl (C=O) groups excluding carboxylic acids is 1. The SMILES string of the molecule is COc1cc(Cl)cc(Cl)c1N1N=C(N)CC1=O. The average Bonchev–Trinajstić information content (AvgIpc) is 2.56. The number of amides is 1. The number of nitrogens with zero attached hydrogens (tertiary/aromatic N) is 2. The molecule has 1 aliphatic heterocycles. The summed E-state index contributed by atoms with van der Waals surface area (Å²) in [5, 5.41) is 5.74. The molecule has 0 saturated carbocycles. The smallest absolute Gasteiger partial charge is 0.255 e. The molecular formula is C10H9Cl2N3O2. The number of amidine groups is 1. The van der Waals surface area contributed by atoms with Gasteiger partial charge in [-0.3, -0.25) is 4.79 Å². The fraction of sp³-hybridized carbons (Fsp3) is 0.200. The van der Waals surface area contributed by atoms with Crippen molar-refractivity contribution in [2.75, 3.05) is 12.1 Å². The van der Waals surface area contributed by atoms with Crippen LogP contribution in [-0.4, -0.2) is 18.9 Å². The Morgan fingerprint density at radius 1 is 1.47 bits per heavy atom. The molecule has 1 heterocycles. The van der Waals surface area contributed by atoms with Crippen molar-refractivity contribution in [2.45, 2.75) is 6.42 Å². The van der Waals surface area contributed by atoms with Gasteiger partial charge in [0.05, 0.1) is 18.6 Å². The van der Waals surface area contributed by atoms with Gasteiger partial charge in [0.2, 0.25) is 0 Å². The molecule has 1 aromatic carbocycles. The third-order valence-corrected chi connectivity index (χ3v) is 2.73. The molecule has 90 valence electrons. The molecule has 0 fully saturated rings. The number of carbonyl (C=O) groups is 1. The average molecular weight is 274 g/mol. The number of anilines is 1. The first-order valence-electron chi connectivity index (χ1n) is 4.72. The van der Waals surface area contributed by atoms with E-state index in [1.54, 1.807) is 6.07 Å². The molecule has 2 rings (SSSR count). The van der Waals surface area contributed by atoms with E-state index in [0.29, 0.717) is 16.5 Å². The van der Waals surface area contributed by atoms with Gasteiger partial charge in [-0.2, -0.15) is 10.1 Å². The molecular weight excluding hydrogens is 265 g/mol. The lowest BCUT2D eigenvalue weighted by molar-refractivity contribution is -0.116. The van der Waals surface area contributed by atoms with Gasteiger partial charge in [-0.05, 0) is 6.07 Å². The van der Waals surface area contributed by atoms with Crippen LogP contribution in [0.5, 0.6) is 5.75 Å². The van der Waals surface area contributed by atoms with Crippen LogP contribution in [0, 0.1) is 0 Å².